The molecule has 0 atom stereocenters. The number of hydrogen-bond acceptors (Lipinski definition) is 3. The molecular weight excluding hydrogens is 326 g/mol. The zero-order chi connectivity index (χ0) is 19.3. The number of aldehydes is 1. The largest absolute Gasteiger partial charge is 0.303 e. The van der Waals surface area contributed by atoms with Crippen molar-refractivity contribution in [1.82, 2.24) is 0 Å². The zero-order valence-corrected chi connectivity index (χ0v) is 16.0. The summed E-state index contributed by atoms with van der Waals surface area (Å²) < 4.78 is 0. The topological polar surface area (TPSA) is 60.2 Å². The molecule has 0 aliphatic heterocycles. The summed E-state index contributed by atoms with van der Waals surface area (Å²) in [4.78, 5) is 20.9. The highest BCUT2D eigenvalue weighted by atomic mass is 16.6. The first-order valence-corrected chi connectivity index (χ1v) is 9.59. The quantitative estimate of drug-likeness (QED) is 0.104. The standard InChI is InChI=1S/C22H33NO3/c1-2-3-4-5-10-13-16-19-22(23(25)26)20-17-14-11-8-6-7-9-12-15-18-21-24/h6,8-10,12-14,17,19,21H,2-5,7,11,15-16,18,20H2,1H3/b8-6+,12-9+,13-10+,17-14+,22-19-. The summed E-state index contributed by atoms with van der Waals surface area (Å²) in [7, 11) is 0. The highest BCUT2D eigenvalue weighted by Crippen LogP contribution is 2.07. The van der Waals surface area contributed by atoms with Crippen LogP contribution >= 0.6 is 0 Å². The molecule has 0 heterocycles. The molecule has 0 saturated heterocycles. The summed E-state index contributed by atoms with van der Waals surface area (Å²) in [6.07, 6.45) is 27.3. The highest BCUT2D eigenvalue weighted by molar-refractivity contribution is 5.49. The third-order valence-corrected chi connectivity index (χ3v) is 3.69. The molecule has 0 radical (unpaired) electrons. The Morgan fingerprint density at radius 3 is 2.08 bits per heavy atom. The van der Waals surface area contributed by atoms with Gasteiger partial charge in [-0.25, -0.2) is 0 Å². The van der Waals surface area contributed by atoms with Gasteiger partial charge in [-0.2, -0.15) is 0 Å². The Morgan fingerprint density at radius 2 is 1.42 bits per heavy atom. The van der Waals surface area contributed by atoms with Gasteiger partial charge in [0.2, 0.25) is 5.70 Å². The van der Waals surface area contributed by atoms with E-state index in [-0.39, 0.29) is 10.6 Å². The number of hydrogen-bond donors (Lipinski definition) is 0. The number of allylic oxidation sites excluding steroid dienone is 9. The number of nitro groups is 1. The van der Waals surface area contributed by atoms with E-state index in [9.17, 15) is 14.9 Å². The van der Waals surface area contributed by atoms with Gasteiger partial charge in [-0.3, -0.25) is 10.1 Å². The maximum absolute atomic E-state index is 11.1. The molecule has 0 spiro atoms. The fourth-order valence-electron chi connectivity index (χ4n) is 2.19. The smallest absolute Gasteiger partial charge is 0.246 e. The van der Waals surface area contributed by atoms with Crippen LogP contribution in [0.5, 0.6) is 0 Å². The Bertz CT molecular complexity index is 513. The van der Waals surface area contributed by atoms with Gasteiger partial charge in [-0.15, -0.1) is 0 Å². The van der Waals surface area contributed by atoms with Gasteiger partial charge in [-0.05, 0) is 44.6 Å². The Labute approximate surface area is 158 Å². The maximum Gasteiger partial charge on any atom is 0.246 e. The normalized spacial score (nSPS) is 12.9. The van der Waals surface area contributed by atoms with Crippen LogP contribution in [0.15, 0.2) is 60.4 Å². The summed E-state index contributed by atoms with van der Waals surface area (Å²) in [6.45, 7) is 2.17. The highest BCUT2D eigenvalue weighted by Gasteiger charge is 2.06. The van der Waals surface area contributed by atoms with Gasteiger partial charge >= 0.3 is 0 Å². The number of rotatable bonds is 16. The second-order valence-corrected chi connectivity index (χ2v) is 5.99. The van der Waals surface area contributed by atoms with E-state index in [4.69, 9.17) is 0 Å². The van der Waals surface area contributed by atoms with Crippen molar-refractivity contribution in [2.45, 2.75) is 71.1 Å². The van der Waals surface area contributed by atoms with Gasteiger partial charge in [0, 0.05) is 6.42 Å². The van der Waals surface area contributed by atoms with Crippen molar-refractivity contribution in [3.05, 3.63) is 70.5 Å². The number of carbonyl (C=O) groups is 1. The van der Waals surface area contributed by atoms with Crippen LogP contribution in [0.3, 0.4) is 0 Å². The lowest BCUT2D eigenvalue weighted by molar-refractivity contribution is -0.427. The Morgan fingerprint density at radius 1 is 0.808 bits per heavy atom. The average Bonchev–Trinajstić information content (AvgIpc) is 2.63. The lowest BCUT2D eigenvalue weighted by Gasteiger charge is -1.94. The van der Waals surface area contributed by atoms with Crippen LogP contribution in [0.25, 0.3) is 0 Å². The van der Waals surface area contributed by atoms with Crippen molar-refractivity contribution >= 4 is 6.29 Å². The number of nitrogens with zero attached hydrogens (tertiary/aromatic N) is 1. The first-order chi connectivity index (χ1) is 12.7. The van der Waals surface area contributed by atoms with Gasteiger partial charge in [0.1, 0.15) is 6.29 Å². The maximum atomic E-state index is 11.1. The van der Waals surface area contributed by atoms with Gasteiger partial charge in [0.05, 0.1) is 11.3 Å². The van der Waals surface area contributed by atoms with Crippen LogP contribution in [-0.4, -0.2) is 11.2 Å². The van der Waals surface area contributed by atoms with Crippen molar-refractivity contribution in [2.75, 3.05) is 0 Å². The van der Waals surface area contributed by atoms with Gasteiger partial charge in [-0.1, -0.05) is 68.4 Å². The fraction of sp³-hybridized carbons (Fsp3) is 0.500. The molecule has 0 aliphatic carbocycles. The Kier molecular flexibility index (Phi) is 17.5. The van der Waals surface area contributed by atoms with Gasteiger partial charge < -0.3 is 4.79 Å². The van der Waals surface area contributed by atoms with Crippen molar-refractivity contribution in [3.8, 4) is 0 Å². The fourth-order valence-corrected chi connectivity index (χ4v) is 2.19. The lowest BCUT2D eigenvalue weighted by Crippen LogP contribution is -1.97. The minimum atomic E-state index is -0.296. The Hall–Kier alpha value is -2.23. The molecule has 0 aromatic rings. The summed E-state index contributed by atoms with van der Waals surface area (Å²) >= 11 is 0. The van der Waals surface area contributed by atoms with Crippen molar-refractivity contribution in [1.29, 1.82) is 0 Å². The molecular formula is C22H33NO3. The summed E-state index contributed by atoms with van der Waals surface area (Å²) in [5.74, 6) is 0. The third kappa shape index (κ3) is 16.6. The molecule has 0 N–H and O–H groups in total. The first kappa shape index (κ1) is 23.8. The molecule has 0 aromatic heterocycles. The van der Waals surface area contributed by atoms with E-state index >= 15 is 0 Å². The molecule has 0 unspecified atom stereocenters. The molecule has 0 saturated carbocycles. The predicted octanol–water partition coefficient (Wildman–Crippen LogP) is 6.49. The van der Waals surface area contributed by atoms with Crippen LogP contribution in [0.4, 0.5) is 0 Å². The van der Waals surface area contributed by atoms with Gasteiger partial charge in [0.15, 0.2) is 0 Å². The van der Waals surface area contributed by atoms with Gasteiger partial charge in [0.25, 0.3) is 0 Å². The second-order valence-electron chi connectivity index (χ2n) is 5.99. The third-order valence-electron chi connectivity index (χ3n) is 3.69. The van der Waals surface area contributed by atoms with E-state index in [0.29, 0.717) is 19.3 Å². The molecule has 26 heavy (non-hydrogen) atoms. The van der Waals surface area contributed by atoms with E-state index < -0.39 is 0 Å². The number of unbranched alkanes of at least 4 members (excludes halogenated alkanes) is 4. The van der Waals surface area contributed by atoms with Crippen LogP contribution in [0.2, 0.25) is 0 Å². The van der Waals surface area contributed by atoms with E-state index in [1.165, 1.54) is 19.3 Å². The van der Waals surface area contributed by atoms with E-state index in [1.54, 1.807) is 6.08 Å². The second kappa shape index (κ2) is 19.1. The molecule has 0 fully saturated rings. The van der Waals surface area contributed by atoms with E-state index in [1.807, 2.05) is 36.5 Å². The molecule has 4 heteroatoms. The van der Waals surface area contributed by atoms with E-state index in [2.05, 4.69) is 19.1 Å². The number of carbonyl (C=O) groups excluding carboxylic acids is 1. The van der Waals surface area contributed by atoms with Crippen LogP contribution in [-0.2, 0) is 4.79 Å². The predicted molar refractivity (Wildman–Crippen MR) is 110 cm³/mol. The minimum absolute atomic E-state index is 0.251. The first-order valence-electron chi connectivity index (χ1n) is 9.59. The SMILES string of the molecule is CCCCC/C=C/C/C=C(/C/C=C/C/C=C/C/C=C/CCC=O)[N+](=O)[O-]. The average molecular weight is 360 g/mol. The van der Waals surface area contributed by atoms with Crippen LogP contribution in [0, 0.1) is 10.1 Å². The zero-order valence-electron chi connectivity index (χ0n) is 16.0. The van der Waals surface area contributed by atoms with Crippen LogP contribution in [0.1, 0.15) is 71.1 Å². The van der Waals surface area contributed by atoms with Crippen molar-refractivity contribution < 1.29 is 9.72 Å². The summed E-state index contributed by atoms with van der Waals surface area (Å²) in [5.41, 5.74) is 0.251. The molecule has 0 bridgehead atoms. The summed E-state index contributed by atoms with van der Waals surface area (Å²) in [5, 5.41) is 11.1. The molecule has 4 nitrogen and oxygen atoms in total. The molecule has 144 valence electrons. The Balaban J connectivity index is 4.02. The summed E-state index contributed by atoms with van der Waals surface area (Å²) in [6, 6.07) is 0. The molecule has 0 aliphatic rings. The lowest BCUT2D eigenvalue weighted by atomic mass is 10.2. The molecule has 0 rings (SSSR count). The van der Waals surface area contributed by atoms with Crippen molar-refractivity contribution in [2.24, 2.45) is 0 Å². The molecule has 0 amide bonds. The minimum Gasteiger partial charge on any atom is -0.303 e. The van der Waals surface area contributed by atoms with Crippen LogP contribution < -0.4 is 0 Å². The van der Waals surface area contributed by atoms with E-state index in [0.717, 1.165) is 32.0 Å². The van der Waals surface area contributed by atoms with Crippen molar-refractivity contribution in [3.63, 3.8) is 0 Å². The molecule has 0 aromatic carbocycles. The monoisotopic (exact) mass is 359 g/mol.